The summed E-state index contributed by atoms with van der Waals surface area (Å²) in [6.45, 7) is 5.29. The molecule has 2 rings (SSSR count). The first kappa shape index (κ1) is 11.3. The highest BCUT2D eigenvalue weighted by molar-refractivity contribution is 4.93. The lowest BCUT2D eigenvalue weighted by Crippen LogP contribution is -2.37. The van der Waals surface area contributed by atoms with Gasteiger partial charge in [-0.05, 0) is 13.8 Å². The number of ether oxygens (including phenoxy) is 3. The Hall–Kier alpha value is -0.200. The second kappa shape index (κ2) is 3.68. The van der Waals surface area contributed by atoms with Crippen LogP contribution in [0.4, 0.5) is 0 Å². The van der Waals surface area contributed by atoms with Crippen LogP contribution >= 0.6 is 0 Å². The number of aliphatic hydroxyl groups is 2. The molecule has 5 nitrogen and oxygen atoms in total. The summed E-state index contributed by atoms with van der Waals surface area (Å²) < 4.78 is 16.7. The van der Waals surface area contributed by atoms with Gasteiger partial charge in [-0.15, -0.1) is 0 Å². The number of hydrogen-bond acceptors (Lipinski definition) is 5. The number of fused-ring (bicyclic) bond motifs is 1. The zero-order valence-electron chi connectivity index (χ0n) is 9.21. The van der Waals surface area contributed by atoms with Crippen LogP contribution in [0, 0.1) is 5.92 Å². The molecule has 5 atom stereocenters. The van der Waals surface area contributed by atoms with E-state index in [2.05, 4.69) is 0 Å². The van der Waals surface area contributed by atoms with Crippen LogP contribution in [-0.2, 0) is 14.2 Å². The molecule has 2 aliphatic rings. The second-order valence-electron chi connectivity index (χ2n) is 4.68. The molecular weight excluding hydrogens is 200 g/mol. The van der Waals surface area contributed by atoms with Gasteiger partial charge in [0.2, 0.25) is 0 Å². The largest absolute Gasteiger partial charge is 0.394 e. The molecule has 5 heteroatoms. The van der Waals surface area contributed by atoms with Crippen LogP contribution in [0.2, 0.25) is 0 Å². The fraction of sp³-hybridized carbons (Fsp3) is 1.00. The van der Waals surface area contributed by atoms with Crippen LogP contribution in [0.5, 0.6) is 0 Å². The van der Waals surface area contributed by atoms with E-state index in [1.165, 1.54) is 0 Å². The van der Waals surface area contributed by atoms with E-state index in [-0.39, 0.29) is 18.6 Å². The molecule has 88 valence electrons. The van der Waals surface area contributed by atoms with Gasteiger partial charge in [0, 0.05) is 5.92 Å². The summed E-state index contributed by atoms with van der Waals surface area (Å²) in [5.41, 5.74) is 0. The van der Waals surface area contributed by atoms with Gasteiger partial charge < -0.3 is 24.4 Å². The third kappa shape index (κ3) is 1.90. The molecule has 2 aliphatic heterocycles. The van der Waals surface area contributed by atoms with Crippen LogP contribution in [0.1, 0.15) is 20.8 Å². The molecule has 2 N–H and O–H groups in total. The van der Waals surface area contributed by atoms with Gasteiger partial charge in [0.05, 0.1) is 12.7 Å². The van der Waals surface area contributed by atoms with Crippen molar-refractivity contribution < 1.29 is 24.4 Å². The van der Waals surface area contributed by atoms with E-state index in [1.807, 2.05) is 20.8 Å². The van der Waals surface area contributed by atoms with Crippen molar-refractivity contribution in [2.75, 3.05) is 6.61 Å². The third-order valence-corrected chi connectivity index (χ3v) is 2.98. The fourth-order valence-corrected chi connectivity index (χ4v) is 2.23. The summed E-state index contributed by atoms with van der Waals surface area (Å²) in [4.78, 5) is 0. The average Bonchev–Trinajstić information content (AvgIpc) is 2.60. The van der Waals surface area contributed by atoms with E-state index in [9.17, 15) is 5.11 Å². The van der Waals surface area contributed by atoms with E-state index < -0.39 is 24.3 Å². The number of aliphatic hydroxyl groups excluding tert-OH is 2. The van der Waals surface area contributed by atoms with Gasteiger partial charge in [0.1, 0.15) is 12.2 Å². The molecule has 2 saturated heterocycles. The summed E-state index contributed by atoms with van der Waals surface area (Å²) in [6, 6.07) is 0. The Morgan fingerprint density at radius 1 is 1.33 bits per heavy atom. The Labute approximate surface area is 88.9 Å². The Kier molecular flexibility index (Phi) is 2.77. The van der Waals surface area contributed by atoms with Gasteiger partial charge in [0.15, 0.2) is 12.1 Å². The van der Waals surface area contributed by atoms with E-state index in [0.717, 1.165) is 0 Å². The Morgan fingerprint density at radius 3 is 2.53 bits per heavy atom. The summed E-state index contributed by atoms with van der Waals surface area (Å²) in [6.07, 6.45) is -1.88. The van der Waals surface area contributed by atoms with Crippen molar-refractivity contribution in [2.45, 2.75) is 51.2 Å². The van der Waals surface area contributed by atoms with Crippen LogP contribution in [0.15, 0.2) is 0 Å². The third-order valence-electron chi connectivity index (χ3n) is 2.98. The molecule has 15 heavy (non-hydrogen) atoms. The van der Waals surface area contributed by atoms with Crippen LogP contribution in [0.3, 0.4) is 0 Å². The maximum absolute atomic E-state index is 9.53. The van der Waals surface area contributed by atoms with E-state index in [1.54, 1.807) is 0 Å². The molecule has 2 fully saturated rings. The highest BCUT2D eigenvalue weighted by atomic mass is 16.8. The molecule has 0 unspecified atom stereocenters. The van der Waals surface area contributed by atoms with Gasteiger partial charge in [-0.1, -0.05) is 6.92 Å². The number of rotatable bonds is 2. The minimum Gasteiger partial charge on any atom is -0.394 e. The molecule has 0 amide bonds. The maximum Gasteiger partial charge on any atom is 0.187 e. The fourth-order valence-electron chi connectivity index (χ4n) is 2.23. The van der Waals surface area contributed by atoms with Gasteiger partial charge in [-0.2, -0.15) is 0 Å². The van der Waals surface area contributed by atoms with Crippen LogP contribution in [0.25, 0.3) is 0 Å². The lowest BCUT2D eigenvalue weighted by atomic mass is 9.97. The molecule has 0 aromatic rings. The molecule has 0 saturated carbocycles. The summed E-state index contributed by atoms with van der Waals surface area (Å²) in [5, 5.41) is 18.4. The molecule has 0 aliphatic carbocycles. The van der Waals surface area contributed by atoms with Gasteiger partial charge in [0.25, 0.3) is 0 Å². The molecule has 0 aromatic carbocycles. The van der Waals surface area contributed by atoms with Crippen molar-refractivity contribution in [3.05, 3.63) is 0 Å². The first-order valence-corrected chi connectivity index (χ1v) is 5.24. The maximum atomic E-state index is 9.53. The first-order valence-electron chi connectivity index (χ1n) is 5.24. The van der Waals surface area contributed by atoms with Crippen molar-refractivity contribution in [1.29, 1.82) is 0 Å². The van der Waals surface area contributed by atoms with Crippen molar-refractivity contribution in [1.82, 2.24) is 0 Å². The highest BCUT2D eigenvalue weighted by Crippen LogP contribution is 2.41. The van der Waals surface area contributed by atoms with Gasteiger partial charge in [-0.3, -0.25) is 0 Å². The lowest BCUT2D eigenvalue weighted by molar-refractivity contribution is -0.221. The molecule has 0 radical (unpaired) electrons. The molecular formula is C10H18O5. The highest BCUT2D eigenvalue weighted by Gasteiger charge is 2.54. The minimum absolute atomic E-state index is 0.0129. The zero-order chi connectivity index (χ0) is 11.2. The van der Waals surface area contributed by atoms with Crippen LogP contribution in [-0.4, -0.2) is 47.2 Å². The van der Waals surface area contributed by atoms with Crippen molar-refractivity contribution in [3.8, 4) is 0 Å². The van der Waals surface area contributed by atoms with E-state index >= 15 is 0 Å². The van der Waals surface area contributed by atoms with Crippen molar-refractivity contribution in [3.63, 3.8) is 0 Å². The van der Waals surface area contributed by atoms with Gasteiger partial charge in [-0.25, -0.2) is 0 Å². The zero-order valence-corrected chi connectivity index (χ0v) is 9.21. The summed E-state index contributed by atoms with van der Waals surface area (Å²) in [5.74, 6) is -0.613. The van der Waals surface area contributed by atoms with E-state index in [0.29, 0.717) is 0 Å². The monoisotopic (exact) mass is 218 g/mol. The molecule has 0 bridgehead atoms. The second-order valence-corrected chi connectivity index (χ2v) is 4.68. The minimum atomic E-state index is -0.874. The Balaban J connectivity index is 2.05. The SMILES string of the molecule is C[C@@H]1[C@H]2OC(C)(C)O[C@H]2O[C@@H]1[C@@H](O)CO. The predicted octanol–water partition coefficient (Wildman–Crippen LogP) is -0.148. The average molecular weight is 218 g/mol. The molecule has 2 heterocycles. The lowest BCUT2D eigenvalue weighted by Gasteiger charge is -2.25. The van der Waals surface area contributed by atoms with Gasteiger partial charge >= 0.3 is 0 Å². The van der Waals surface area contributed by atoms with Crippen molar-refractivity contribution >= 4 is 0 Å². The summed E-state index contributed by atoms with van der Waals surface area (Å²) in [7, 11) is 0. The molecule has 0 aromatic heterocycles. The van der Waals surface area contributed by atoms with Crippen LogP contribution < -0.4 is 0 Å². The summed E-state index contributed by atoms with van der Waals surface area (Å²) >= 11 is 0. The first-order chi connectivity index (χ1) is 6.94. The van der Waals surface area contributed by atoms with Crippen molar-refractivity contribution in [2.24, 2.45) is 5.92 Å². The normalized spacial score (nSPS) is 45.4. The smallest absolute Gasteiger partial charge is 0.187 e. The predicted molar refractivity (Wildman–Crippen MR) is 51.0 cm³/mol. The Morgan fingerprint density at radius 2 is 2.00 bits per heavy atom. The molecule has 0 spiro atoms. The topological polar surface area (TPSA) is 68.2 Å². The standard InChI is InChI=1S/C10H18O5/c1-5-7(6(12)4-11)13-9-8(5)14-10(2,3)15-9/h5-9,11-12H,4H2,1-3H3/t5-,6-,7-,8+,9+/m0/s1. The number of hydrogen-bond donors (Lipinski definition) is 2. The van der Waals surface area contributed by atoms with E-state index in [4.69, 9.17) is 19.3 Å². The Bertz CT molecular complexity index is 242. The quantitative estimate of drug-likeness (QED) is 0.674.